The first-order valence-corrected chi connectivity index (χ1v) is 7.21. The number of halogens is 2. The number of nitrogens with two attached hydrogens (primary N) is 1. The summed E-state index contributed by atoms with van der Waals surface area (Å²) in [5.41, 5.74) is 8.89. The summed E-state index contributed by atoms with van der Waals surface area (Å²) in [6.07, 6.45) is 1.73. The quantitative estimate of drug-likeness (QED) is 0.750. The number of rotatable bonds is 3. The molecule has 0 amide bonds. The van der Waals surface area contributed by atoms with E-state index in [1.807, 2.05) is 36.4 Å². The van der Waals surface area contributed by atoms with E-state index in [0.717, 1.165) is 16.8 Å². The third-order valence-corrected chi connectivity index (χ3v) is 3.82. The number of aromatic nitrogens is 2. The van der Waals surface area contributed by atoms with Crippen LogP contribution in [-0.2, 0) is 0 Å². The molecule has 0 fully saturated rings. The highest BCUT2D eigenvalue weighted by Crippen LogP contribution is 2.30. The van der Waals surface area contributed by atoms with Gasteiger partial charge >= 0.3 is 0 Å². The van der Waals surface area contributed by atoms with Gasteiger partial charge < -0.3 is 10.7 Å². The van der Waals surface area contributed by atoms with Gasteiger partial charge in [0.25, 0.3) is 0 Å². The van der Waals surface area contributed by atoms with Crippen molar-refractivity contribution in [3.63, 3.8) is 0 Å². The average Bonchev–Trinajstić information content (AvgIpc) is 2.97. The van der Waals surface area contributed by atoms with E-state index in [4.69, 9.17) is 28.9 Å². The smallest absolute Gasteiger partial charge is 0.128 e. The van der Waals surface area contributed by atoms with E-state index >= 15 is 0 Å². The summed E-state index contributed by atoms with van der Waals surface area (Å²) in [7, 11) is 0. The van der Waals surface area contributed by atoms with E-state index in [0.29, 0.717) is 15.9 Å². The molecule has 0 saturated heterocycles. The first kappa shape index (κ1) is 14.1. The van der Waals surface area contributed by atoms with Gasteiger partial charge in [-0.05, 0) is 23.8 Å². The predicted octanol–water partition coefficient (Wildman–Crippen LogP) is 4.43. The van der Waals surface area contributed by atoms with Crippen molar-refractivity contribution in [1.82, 2.24) is 9.97 Å². The maximum absolute atomic E-state index is 6.22. The minimum absolute atomic E-state index is 0.300. The lowest BCUT2D eigenvalue weighted by atomic mass is 10.1. The summed E-state index contributed by atoms with van der Waals surface area (Å²) in [4.78, 5) is 7.58. The van der Waals surface area contributed by atoms with Crippen molar-refractivity contribution in [2.75, 3.05) is 0 Å². The normalized spacial score (nSPS) is 12.3. The van der Waals surface area contributed by atoms with Crippen LogP contribution in [0.2, 0.25) is 10.0 Å². The molecule has 5 heteroatoms. The minimum atomic E-state index is -0.300. The second-order valence-corrected chi connectivity index (χ2v) is 5.54. The van der Waals surface area contributed by atoms with Crippen molar-refractivity contribution in [2.45, 2.75) is 6.04 Å². The SMILES string of the molecule is NC(c1ccccc1)c1ncc(-c2ccc(Cl)cc2Cl)[nH]1. The highest BCUT2D eigenvalue weighted by Gasteiger charge is 2.14. The van der Waals surface area contributed by atoms with Crippen LogP contribution < -0.4 is 5.73 Å². The van der Waals surface area contributed by atoms with E-state index in [1.54, 1.807) is 18.3 Å². The number of nitrogens with zero attached hydrogens (tertiary/aromatic N) is 1. The molecule has 106 valence electrons. The first-order chi connectivity index (χ1) is 10.1. The van der Waals surface area contributed by atoms with Gasteiger partial charge in [-0.2, -0.15) is 0 Å². The van der Waals surface area contributed by atoms with Crippen LogP contribution in [0.1, 0.15) is 17.4 Å². The standard InChI is InChI=1S/C16H13Cl2N3/c17-11-6-7-12(13(18)8-11)14-9-20-16(21-14)15(19)10-4-2-1-3-5-10/h1-9,15H,19H2,(H,20,21). The van der Waals surface area contributed by atoms with Gasteiger partial charge in [0.2, 0.25) is 0 Å². The lowest BCUT2D eigenvalue weighted by Gasteiger charge is -2.08. The molecule has 0 aliphatic carbocycles. The second kappa shape index (κ2) is 5.90. The number of nitrogens with one attached hydrogen (secondary N) is 1. The molecule has 0 saturated carbocycles. The molecule has 21 heavy (non-hydrogen) atoms. The Balaban J connectivity index is 1.93. The van der Waals surface area contributed by atoms with E-state index in [9.17, 15) is 0 Å². The molecule has 0 bridgehead atoms. The summed E-state index contributed by atoms with van der Waals surface area (Å²) in [5, 5.41) is 1.18. The Kier molecular flexibility index (Phi) is 3.97. The van der Waals surface area contributed by atoms with Crippen molar-refractivity contribution in [3.05, 3.63) is 76.2 Å². The van der Waals surface area contributed by atoms with Crippen molar-refractivity contribution in [3.8, 4) is 11.3 Å². The van der Waals surface area contributed by atoms with E-state index in [1.165, 1.54) is 0 Å². The molecule has 3 nitrogen and oxygen atoms in total. The van der Waals surface area contributed by atoms with Crippen LogP contribution in [0.25, 0.3) is 11.3 Å². The topological polar surface area (TPSA) is 54.7 Å². The highest BCUT2D eigenvalue weighted by atomic mass is 35.5. The number of aromatic amines is 1. The monoisotopic (exact) mass is 317 g/mol. The number of benzene rings is 2. The summed E-state index contributed by atoms with van der Waals surface area (Å²) in [6, 6.07) is 14.9. The third kappa shape index (κ3) is 2.95. The molecule has 2 aromatic carbocycles. The summed E-state index contributed by atoms with van der Waals surface area (Å²) >= 11 is 12.1. The molecular weight excluding hydrogens is 305 g/mol. The van der Waals surface area contributed by atoms with Crippen LogP contribution in [0.5, 0.6) is 0 Å². The molecule has 3 rings (SSSR count). The molecule has 3 N–H and O–H groups in total. The van der Waals surface area contributed by atoms with Gasteiger partial charge in [0.15, 0.2) is 0 Å². The van der Waals surface area contributed by atoms with Crippen LogP contribution in [0, 0.1) is 0 Å². The molecule has 1 heterocycles. The lowest BCUT2D eigenvalue weighted by Crippen LogP contribution is -2.13. The third-order valence-electron chi connectivity index (χ3n) is 3.27. The zero-order chi connectivity index (χ0) is 14.8. The maximum Gasteiger partial charge on any atom is 0.128 e. The molecule has 1 unspecified atom stereocenters. The van der Waals surface area contributed by atoms with Crippen LogP contribution in [0.15, 0.2) is 54.7 Å². The van der Waals surface area contributed by atoms with Gasteiger partial charge in [0.1, 0.15) is 5.82 Å². The average molecular weight is 318 g/mol. The first-order valence-electron chi connectivity index (χ1n) is 6.46. The summed E-state index contributed by atoms with van der Waals surface area (Å²) in [6.45, 7) is 0. The van der Waals surface area contributed by atoms with Gasteiger partial charge in [-0.3, -0.25) is 0 Å². The van der Waals surface area contributed by atoms with E-state index in [-0.39, 0.29) is 6.04 Å². The van der Waals surface area contributed by atoms with Gasteiger partial charge in [-0.25, -0.2) is 4.98 Å². The van der Waals surface area contributed by atoms with Crippen molar-refractivity contribution < 1.29 is 0 Å². The largest absolute Gasteiger partial charge is 0.340 e. The van der Waals surface area contributed by atoms with Crippen LogP contribution in [-0.4, -0.2) is 9.97 Å². The Labute approximate surface area is 132 Å². The fraction of sp³-hybridized carbons (Fsp3) is 0.0625. The van der Waals surface area contributed by atoms with E-state index in [2.05, 4.69) is 9.97 Å². The van der Waals surface area contributed by atoms with Crippen LogP contribution in [0.4, 0.5) is 0 Å². The Morgan fingerprint density at radius 3 is 2.52 bits per heavy atom. The Bertz CT molecular complexity index is 753. The molecule has 1 atom stereocenters. The fourth-order valence-electron chi connectivity index (χ4n) is 2.16. The number of hydrogen-bond donors (Lipinski definition) is 2. The van der Waals surface area contributed by atoms with Gasteiger partial charge in [0, 0.05) is 10.6 Å². The summed E-state index contributed by atoms with van der Waals surface area (Å²) < 4.78 is 0. The second-order valence-electron chi connectivity index (χ2n) is 4.69. The zero-order valence-electron chi connectivity index (χ0n) is 11.1. The zero-order valence-corrected chi connectivity index (χ0v) is 12.6. The van der Waals surface area contributed by atoms with Gasteiger partial charge in [-0.15, -0.1) is 0 Å². The van der Waals surface area contributed by atoms with Crippen LogP contribution >= 0.6 is 23.2 Å². The highest BCUT2D eigenvalue weighted by molar-refractivity contribution is 6.36. The molecular formula is C16H13Cl2N3. The summed E-state index contributed by atoms with van der Waals surface area (Å²) in [5.74, 6) is 0.696. The molecule has 0 aliphatic heterocycles. The number of H-pyrrole nitrogens is 1. The fourth-order valence-corrected chi connectivity index (χ4v) is 2.67. The van der Waals surface area contributed by atoms with Gasteiger partial charge in [0.05, 0.1) is 23.0 Å². The Hall–Kier alpha value is -1.81. The minimum Gasteiger partial charge on any atom is -0.340 e. The molecule has 0 radical (unpaired) electrons. The van der Waals surface area contributed by atoms with Gasteiger partial charge in [-0.1, -0.05) is 53.5 Å². The lowest BCUT2D eigenvalue weighted by molar-refractivity contribution is 0.801. The van der Waals surface area contributed by atoms with Crippen LogP contribution in [0.3, 0.4) is 0 Å². The van der Waals surface area contributed by atoms with Crippen molar-refractivity contribution >= 4 is 23.2 Å². The van der Waals surface area contributed by atoms with Crippen molar-refractivity contribution in [1.29, 1.82) is 0 Å². The molecule has 1 aromatic heterocycles. The number of imidazole rings is 1. The van der Waals surface area contributed by atoms with E-state index < -0.39 is 0 Å². The molecule has 0 aliphatic rings. The number of hydrogen-bond acceptors (Lipinski definition) is 2. The molecule has 0 spiro atoms. The Morgan fingerprint density at radius 2 is 1.81 bits per heavy atom. The predicted molar refractivity (Wildman–Crippen MR) is 86.5 cm³/mol. The van der Waals surface area contributed by atoms with Crippen molar-refractivity contribution in [2.24, 2.45) is 5.73 Å². The molecule has 3 aromatic rings. The maximum atomic E-state index is 6.22. The Morgan fingerprint density at radius 1 is 1.05 bits per heavy atom.